The average molecular weight is 324 g/mol. The van der Waals surface area contributed by atoms with Crippen LogP contribution < -0.4 is 20.9 Å². The van der Waals surface area contributed by atoms with Crippen LogP contribution in [0.3, 0.4) is 0 Å². The van der Waals surface area contributed by atoms with Crippen LogP contribution in [0.2, 0.25) is 5.02 Å². The number of halogens is 1. The maximum atomic E-state index is 12.0. The Morgan fingerprint density at radius 1 is 1.50 bits per heavy atom. The molecule has 6 nitrogen and oxygen atoms in total. The van der Waals surface area contributed by atoms with Crippen LogP contribution in [0, 0.1) is 0 Å². The van der Waals surface area contributed by atoms with E-state index in [1.165, 1.54) is 6.42 Å². The maximum absolute atomic E-state index is 12.0. The summed E-state index contributed by atoms with van der Waals surface area (Å²) in [6.07, 6.45) is 4.97. The van der Waals surface area contributed by atoms with Gasteiger partial charge in [0.1, 0.15) is 5.82 Å². The van der Waals surface area contributed by atoms with E-state index in [4.69, 9.17) is 11.6 Å². The second-order valence-electron chi connectivity index (χ2n) is 5.89. The van der Waals surface area contributed by atoms with Gasteiger partial charge in [-0.15, -0.1) is 0 Å². The zero-order valence-corrected chi connectivity index (χ0v) is 13.3. The highest BCUT2D eigenvalue weighted by atomic mass is 35.5. The van der Waals surface area contributed by atoms with Gasteiger partial charge in [-0.1, -0.05) is 11.6 Å². The third-order valence-electron chi connectivity index (χ3n) is 4.23. The lowest BCUT2D eigenvalue weighted by atomic mass is 10.2. The van der Waals surface area contributed by atoms with Gasteiger partial charge in [0.15, 0.2) is 0 Å². The van der Waals surface area contributed by atoms with Crippen molar-refractivity contribution in [1.82, 2.24) is 20.9 Å². The molecule has 1 aromatic rings. The molecule has 3 rings (SSSR count). The van der Waals surface area contributed by atoms with Crippen LogP contribution in [0.1, 0.15) is 19.3 Å². The Kier molecular flexibility index (Phi) is 5.00. The van der Waals surface area contributed by atoms with Crippen molar-refractivity contribution in [3.05, 3.63) is 23.4 Å². The molecule has 2 atom stereocenters. The summed E-state index contributed by atoms with van der Waals surface area (Å²) in [7, 11) is 0. The number of hydrogen-bond donors (Lipinski definition) is 3. The zero-order chi connectivity index (χ0) is 15.4. The normalized spacial score (nSPS) is 24.5. The molecule has 2 fully saturated rings. The molecule has 0 aliphatic carbocycles. The summed E-state index contributed by atoms with van der Waals surface area (Å²) in [6.45, 7) is 3.34. The molecule has 0 bridgehead atoms. The standard InChI is InChI=1S/C15H22ClN5O/c16-13-4-2-7-18-14(13)21-8-5-12(10-21)20-15(22)19-9-11-3-1-6-17-11/h2,4,7,11-12,17H,1,3,5-6,8-10H2,(H2,19,20,22). The van der Waals surface area contributed by atoms with Crippen molar-refractivity contribution in [1.29, 1.82) is 0 Å². The van der Waals surface area contributed by atoms with Gasteiger partial charge in [0.2, 0.25) is 0 Å². The third kappa shape index (κ3) is 3.81. The smallest absolute Gasteiger partial charge is 0.315 e. The van der Waals surface area contributed by atoms with E-state index in [-0.39, 0.29) is 12.1 Å². The molecule has 2 saturated heterocycles. The fourth-order valence-corrected chi connectivity index (χ4v) is 3.30. The van der Waals surface area contributed by atoms with Crippen LogP contribution in [-0.4, -0.2) is 49.3 Å². The van der Waals surface area contributed by atoms with E-state index >= 15 is 0 Å². The fraction of sp³-hybridized carbons (Fsp3) is 0.600. The summed E-state index contributed by atoms with van der Waals surface area (Å²) in [5, 5.41) is 10.00. The summed E-state index contributed by atoms with van der Waals surface area (Å²) in [5.41, 5.74) is 0. The number of carbonyl (C=O) groups excluding carboxylic acids is 1. The first-order valence-electron chi connectivity index (χ1n) is 7.85. The predicted molar refractivity (Wildman–Crippen MR) is 87.4 cm³/mol. The number of hydrogen-bond acceptors (Lipinski definition) is 4. The van der Waals surface area contributed by atoms with Crippen molar-refractivity contribution in [3.8, 4) is 0 Å². The molecule has 2 aliphatic rings. The lowest BCUT2D eigenvalue weighted by molar-refractivity contribution is 0.237. The summed E-state index contributed by atoms with van der Waals surface area (Å²) in [5.74, 6) is 0.795. The summed E-state index contributed by atoms with van der Waals surface area (Å²) < 4.78 is 0. The molecule has 120 valence electrons. The first-order chi connectivity index (χ1) is 10.7. The van der Waals surface area contributed by atoms with E-state index in [1.54, 1.807) is 6.20 Å². The van der Waals surface area contributed by atoms with Crippen LogP contribution in [-0.2, 0) is 0 Å². The Balaban J connectivity index is 1.44. The monoisotopic (exact) mass is 323 g/mol. The molecular weight excluding hydrogens is 302 g/mol. The molecule has 0 saturated carbocycles. The highest BCUT2D eigenvalue weighted by molar-refractivity contribution is 6.32. The van der Waals surface area contributed by atoms with E-state index in [0.717, 1.165) is 38.3 Å². The number of nitrogens with zero attached hydrogens (tertiary/aromatic N) is 2. The zero-order valence-electron chi connectivity index (χ0n) is 12.5. The van der Waals surface area contributed by atoms with Crippen molar-refractivity contribution in [3.63, 3.8) is 0 Å². The predicted octanol–water partition coefficient (Wildman–Crippen LogP) is 1.36. The molecule has 1 aromatic heterocycles. The number of anilines is 1. The molecule has 2 amide bonds. The van der Waals surface area contributed by atoms with Gasteiger partial charge in [-0.05, 0) is 37.9 Å². The van der Waals surface area contributed by atoms with Crippen molar-refractivity contribution < 1.29 is 4.79 Å². The van der Waals surface area contributed by atoms with Gasteiger partial charge >= 0.3 is 6.03 Å². The SMILES string of the molecule is O=C(NCC1CCCN1)NC1CCN(c2ncccc2Cl)C1. The molecule has 0 radical (unpaired) electrons. The first-order valence-corrected chi connectivity index (χ1v) is 8.23. The molecule has 2 unspecified atom stereocenters. The van der Waals surface area contributed by atoms with Gasteiger partial charge in [-0.3, -0.25) is 0 Å². The summed E-state index contributed by atoms with van der Waals surface area (Å²) in [4.78, 5) is 18.4. The van der Waals surface area contributed by atoms with Crippen molar-refractivity contribution in [2.75, 3.05) is 31.1 Å². The minimum absolute atomic E-state index is 0.0901. The van der Waals surface area contributed by atoms with Crippen molar-refractivity contribution in [2.45, 2.75) is 31.3 Å². The van der Waals surface area contributed by atoms with E-state index in [2.05, 4.69) is 25.8 Å². The molecule has 3 N–H and O–H groups in total. The van der Waals surface area contributed by atoms with Gasteiger partial charge in [-0.2, -0.15) is 0 Å². The molecule has 0 aromatic carbocycles. The van der Waals surface area contributed by atoms with Gasteiger partial charge < -0.3 is 20.9 Å². The fourth-order valence-electron chi connectivity index (χ4n) is 3.06. The van der Waals surface area contributed by atoms with E-state index in [9.17, 15) is 4.79 Å². The van der Waals surface area contributed by atoms with Gasteiger partial charge in [0, 0.05) is 37.9 Å². The quantitative estimate of drug-likeness (QED) is 0.782. The Morgan fingerprint density at radius 2 is 2.41 bits per heavy atom. The van der Waals surface area contributed by atoms with Crippen LogP contribution >= 0.6 is 11.6 Å². The lowest BCUT2D eigenvalue weighted by Gasteiger charge is -2.19. The van der Waals surface area contributed by atoms with Crippen LogP contribution in [0.15, 0.2) is 18.3 Å². The number of carbonyl (C=O) groups is 1. The maximum Gasteiger partial charge on any atom is 0.315 e. The third-order valence-corrected chi connectivity index (χ3v) is 4.53. The molecular formula is C15H22ClN5O. The number of amides is 2. The summed E-state index contributed by atoms with van der Waals surface area (Å²) >= 11 is 6.17. The Labute approximate surface area is 135 Å². The molecule has 2 aliphatic heterocycles. The number of urea groups is 1. The second kappa shape index (κ2) is 7.15. The van der Waals surface area contributed by atoms with Gasteiger partial charge in [0.25, 0.3) is 0 Å². The van der Waals surface area contributed by atoms with Crippen LogP contribution in [0.25, 0.3) is 0 Å². The number of rotatable bonds is 4. The number of nitrogens with one attached hydrogen (secondary N) is 3. The number of aromatic nitrogens is 1. The van der Waals surface area contributed by atoms with Crippen molar-refractivity contribution in [2.24, 2.45) is 0 Å². The highest BCUT2D eigenvalue weighted by Gasteiger charge is 2.26. The largest absolute Gasteiger partial charge is 0.353 e. The molecule has 22 heavy (non-hydrogen) atoms. The van der Waals surface area contributed by atoms with Crippen molar-refractivity contribution >= 4 is 23.4 Å². The first kappa shape index (κ1) is 15.4. The molecule has 3 heterocycles. The minimum atomic E-state index is -0.0901. The molecule has 7 heteroatoms. The van der Waals surface area contributed by atoms with Crippen LogP contribution in [0.5, 0.6) is 0 Å². The van der Waals surface area contributed by atoms with E-state index < -0.39 is 0 Å². The van der Waals surface area contributed by atoms with E-state index in [0.29, 0.717) is 17.6 Å². The average Bonchev–Trinajstić information content (AvgIpc) is 3.17. The van der Waals surface area contributed by atoms with Crippen LogP contribution in [0.4, 0.5) is 10.6 Å². The molecule has 0 spiro atoms. The summed E-state index contributed by atoms with van der Waals surface area (Å²) in [6, 6.07) is 4.12. The minimum Gasteiger partial charge on any atom is -0.353 e. The lowest BCUT2D eigenvalue weighted by Crippen LogP contribution is -2.46. The highest BCUT2D eigenvalue weighted by Crippen LogP contribution is 2.25. The van der Waals surface area contributed by atoms with Gasteiger partial charge in [-0.25, -0.2) is 9.78 Å². The number of pyridine rings is 1. The Bertz CT molecular complexity index is 520. The topological polar surface area (TPSA) is 69.3 Å². The Morgan fingerprint density at radius 3 is 3.18 bits per heavy atom. The second-order valence-corrected chi connectivity index (χ2v) is 6.30. The Hall–Kier alpha value is -1.53. The van der Waals surface area contributed by atoms with E-state index in [1.807, 2.05) is 12.1 Å². The van der Waals surface area contributed by atoms with Gasteiger partial charge in [0.05, 0.1) is 5.02 Å².